The van der Waals surface area contributed by atoms with Crippen LogP contribution in [0.3, 0.4) is 0 Å². The van der Waals surface area contributed by atoms with Crippen molar-refractivity contribution in [3.63, 3.8) is 0 Å². The smallest absolute Gasteiger partial charge is 0.208 e. The second kappa shape index (κ2) is 7.37. The number of sulfonamides is 1. The number of nitrogens with two attached hydrogens (primary N) is 2. The molecule has 1 saturated carbocycles. The fraction of sp³-hybridized carbons (Fsp3) is 0.889. The lowest BCUT2D eigenvalue weighted by Gasteiger charge is -2.30. The van der Waals surface area contributed by atoms with Crippen molar-refractivity contribution in [2.75, 3.05) is 12.8 Å². The zero-order chi connectivity index (χ0) is 12.2. The summed E-state index contributed by atoms with van der Waals surface area (Å²) < 4.78 is 25.0. The van der Waals surface area contributed by atoms with Gasteiger partial charge >= 0.3 is 0 Å². The van der Waals surface area contributed by atoms with Crippen LogP contribution in [-0.2, 0) is 10.0 Å². The van der Waals surface area contributed by atoms with Gasteiger partial charge in [-0.1, -0.05) is 12.8 Å². The number of hydrogen-bond acceptors (Lipinski definition) is 3. The van der Waals surface area contributed by atoms with Gasteiger partial charge in [-0.3, -0.25) is 4.99 Å². The fourth-order valence-electron chi connectivity index (χ4n) is 2.08. The predicted molar refractivity (Wildman–Crippen MR) is 79.8 cm³/mol. The van der Waals surface area contributed by atoms with E-state index in [1.54, 1.807) is 0 Å². The Morgan fingerprint density at radius 3 is 2.47 bits per heavy atom. The van der Waals surface area contributed by atoms with E-state index in [2.05, 4.69) is 9.71 Å². The summed E-state index contributed by atoms with van der Waals surface area (Å²) in [7, 11) is -3.16. The molecular formula is C9H21IN4O2S. The highest BCUT2D eigenvalue weighted by Gasteiger charge is 2.26. The van der Waals surface area contributed by atoms with Crippen molar-refractivity contribution in [3.05, 3.63) is 0 Å². The molecule has 0 saturated heterocycles. The molecule has 1 aliphatic carbocycles. The average molecular weight is 376 g/mol. The number of guanidine groups is 1. The number of nitrogens with zero attached hydrogens (tertiary/aromatic N) is 1. The van der Waals surface area contributed by atoms with Gasteiger partial charge in [0.2, 0.25) is 10.0 Å². The summed E-state index contributed by atoms with van der Waals surface area (Å²) in [5.41, 5.74) is 10.5. The van der Waals surface area contributed by atoms with Gasteiger partial charge in [-0.25, -0.2) is 13.1 Å². The Bertz CT molecular complexity index is 354. The molecule has 0 bridgehead atoms. The van der Waals surface area contributed by atoms with Crippen LogP contribution in [0.5, 0.6) is 0 Å². The number of nitrogens with one attached hydrogen (secondary N) is 1. The van der Waals surface area contributed by atoms with E-state index in [4.69, 9.17) is 11.5 Å². The Balaban J connectivity index is 0.00000256. The monoisotopic (exact) mass is 376 g/mol. The van der Waals surface area contributed by atoms with Gasteiger partial charge in [0.15, 0.2) is 5.96 Å². The Morgan fingerprint density at radius 1 is 1.35 bits per heavy atom. The highest BCUT2D eigenvalue weighted by atomic mass is 127. The average Bonchev–Trinajstić information content (AvgIpc) is 2.14. The first-order chi connectivity index (χ1) is 7.38. The molecule has 0 aliphatic heterocycles. The lowest BCUT2D eigenvalue weighted by Crippen LogP contribution is -2.43. The highest BCUT2D eigenvalue weighted by Crippen LogP contribution is 2.25. The number of hydrogen-bond donors (Lipinski definition) is 3. The minimum Gasteiger partial charge on any atom is -0.370 e. The molecule has 0 aromatic heterocycles. The van der Waals surface area contributed by atoms with Gasteiger partial charge < -0.3 is 11.5 Å². The van der Waals surface area contributed by atoms with Gasteiger partial charge in [-0.2, -0.15) is 0 Å². The lowest BCUT2D eigenvalue weighted by molar-refractivity contribution is 0.297. The van der Waals surface area contributed by atoms with Crippen molar-refractivity contribution < 1.29 is 8.42 Å². The van der Waals surface area contributed by atoms with Crippen LogP contribution in [0.25, 0.3) is 0 Å². The molecule has 17 heavy (non-hydrogen) atoms. The zero-order valence-corrected chi connectivity index (χ0v) is 13.1. The molecule has 2 atom stereocenters. The first-order valence-corrected chi connectivity index (χ1v) is 7.30. The largest absolute Gasteiger partial charge is 0.370 e. The second-order valence-electron chi connectivity index (χ2n) is 4.31. The SMILES string of the molecule is CS(=O)(=O)NC1CCCCC1CN=C(N)N.I. The van der Waals surface area contributed by atoms with E-state index >= 15 is 0 Å². The van der Waals surface area contributed by atoms with Crippen molar-refractivity contribution in [2.45, 2.75) is 31.7 Å². The van der Waals surface area contributed by atoms with Crippen molar-refractivity contribution in [1.82, 2.24) is 4.72 Å². The van der Waals surface area contributed by atoms with Crippen LogP contribution >= 0.6 is 24.0 Å². The maximum atomic E-state index is 11.2. The van der Waals surface area contributed by atoms with Gasteiger partial charge in [-0.15, -0.1) is 24.0 Å². The van der Waals surface area contributed by atoms with E-state index in [0.717, 1.165) is 25.7 Å². The van der Waals surface area contributed by atoms with Crippen LogP contribution in [-0.4, -0.2) is 33.2 Å². The molecule has 5 N–H and O–H groups in total. The minimum absolute atomic E-state index is 0. The molecule has 0 aromatic carbocycles. The van der Waals surface area contributed by atoms with Crippen molar-refractivity contribution >= 4 is 40.0 Å². The zero-order valence-electron chi connectivity index (χ0n) is 9.93. The second-order valence-corrected chi connectivity index (χ2v) is 6.09. The molecule has 8 heteroatoms. The minimum atomic E-state index is -3.16. The third-order valence-corrected chi connectivity index (χ3v) is 3.51. The summed E-state index contributed by atoms with van der Waals surface area (Å²) in [6.07, 6.45) is 5.15. The molecule has 102 valence electrons. The molecule has 1 aliphatic rings. The molecule has 0 spiro atoms. The first-order valence-electron chi connectivity index (χ1n) is 5.41. The fourth-order valence-corrected chi connectivity index (χ4v) is 2.94. The van der Waals surface area contributed by atoms with Crippen LogP contribution < -0.4 is 16.2 Å². The van der Waals surface area contributed by atoms with Gasteiger partial charge in [0, 0.05) is 12.6 Å². The van der Waals surface area contributed by atoms with E-state index in [9.17, 15) is 8.42 Å². The number of rotatable bonds is 4. The van der Waals surface area contributed by atoms with Crippen LogP contribution in [0, 0.1) is 5.92 Å². The van der Waals surface area contributed by atoms with Crippen molar-refractivity contribution in [1.29, 1.82) is 0 Å². The standard InChI is InChI=1S/C9H20N4O2S.HI/c1-16(14,15)13-8-5-3-2-4-7(8)6-12-9(10)11;/h7-8,13H,2-6H2,1H3,(H4,10,11,12);1H. The molecule has 0 radical (unpaired) electrons. The molecule has 2 unspecified atom stereocenters. The maximum Gasteiger partial charge on any atom is 0.208 e. The normalized spacial score (nSPS) is 24.8. The Morgan fingerprint density at radius 2 is 1.94 bits per heavy atom. The molecular weight excluding hydrogens is 355 g/mol. The molecule has 1 fully saturated rings. The summed E-state index contributed by atoms with van der Waals surface area (Å²) in [6.45, 7) is 0.496. The van der Waals surface area contributed by atoms with E-state index in [1.807, 2.05) is 0 Å². The Hall–Kier alpha value is -0.0900. The molecule has 0 amide bonds. The van der Waals surface area contributed by atoms with E-state index in [1.165, 1.54) is 6.26 Å². The van der Waals surface area contributed by atoms with Crippen LogP contribution in [0.1, 0.15) is 25.7 Å². The molecule has 6 nitrogen and oxygen atoms in total. The summed E-state index contributed by atoms with van der Waals surface area (Å²) >= 11 is 0. The number of aliphatic imine (C=N–C) groups is 1. The Labute approximate surface area is 120 Å². The van der Waals surface area contributed by atoms with Gasteiger partial charge in [0.05, 0.1) is 6.26 Å². The first kappa shape index (κ1) is 16.9. The van der Waals surface area contributed by atoms with Gasteiger partial charge in [0.25, 0.3) is 0 Å². The van der Waals surface area contributed by atoms with Crippen LogP contribution in [0.2, 0.25) is 0 Å². The summed E-state index contributed by atoms with van der Waals surface area (Å²) in [5.74, 6) is 0.259. The summed E-state index contributed by atoms with van der Waals surface area (Å²) in [5, 5.41) is 0. The quantitative estimate of drug-likeness (QED) is 0.364. The van der Waals surface area contributed by atoms with E-state index in [-0.39, 0.29) is 41.9 Å². The topological polar surface area (TPSA) is 111 Å². The highest BCUT2D eigenvalue weighted by molar-refractivity contribution is 14.0. The molecule has 1 rings (SSSR count). The van der Waals surface area contributed by atoms with Gasteiger partial charge in [0.1, 0.15) is 0 Å². The maximum absolute atomic E-state index is 11.2. The third-order valence-electron chi connectivity index (χ3n) is 2.78. The van der Waals surface area contributed by atoms with Gasteiger partial charge in [-0.05, 0) is 18.8 Å². The summed E-state index contributed by atoms with van der Waals surface area (Å²) in [6, 6.07) is -0.0353. The number of halogens is 1. The van der Waals surface area contributed by atoms with E-state index in [0.29, 0.717) is 6.54 Å². The van der Waals surface area contributed by atoms with E-state index < -0.39 is 10.0 Å². The lowest BCUT2D eigenvalue weighted by atomic mass is 9.85. The summed E-state index contributed by atoms with van der Waals surface area (Å²) in [4.78, 5) is 3.97. The third kappa shape index (κ3) is 7.04. The molecule has 0 aromatic rings. The molecule has 0 heterocycles. The van der Waals surface area contributed by atoms with Crippen molar-refractivity contribution in [2.24, 2.45) is 22.4 Å². The Kier molecular flexibility index (Phi) is 7.33. The van der Waals surface area contributed by atoms with Crippen LogP contribution in [0.4, 0.5) is 0 Å². The van der Waals surface area contributed by atoms with Crippen LogP contribution in [0.15, 0.2) is 4.99 Å². The predicted octanol–water partition coefficient (Wildman–Crippen LogP) is -0.0142. The van der Waals surface area contributed by atoms with Crippen molar-refractivity contribution in [3.8, 4) is 0 Å².